The number of fused-ring (bicyclic) bond motifs is 1. The summed E-state index contributed by atoms with van der Waals surface area (Å²) in [6.45, 7) is 1.55. The molecule has 4 aromatic heterocycles. The van der Waals surface area contributed by atoms with Crippen LogP contribution in [0.3, 0.4) is 0 Å². The number of nitrogens with one attached hydrogen (secondary N) is 1. The normalized spacial score (nSPS) is 16.9. The molecule has 0 aliphatic carbocycles. The lowest BCUT2D eigenvalue weighted by Gasteiger charge is -2.17. The number of carbonyl (C=O) groups is 1. The Morgan fingerprint density at radius 2 is 2.22 bits per heavy atom. The van der Waals surface area contributed by atoms with Gasteiger partial charge < -0.3 is 10.2 Å². The molecule has 10 heteroatoms. The molecule has 5 rings (SSSR count). The van der Waals surface area contributed by atoms with Crippen LogP contribution in [-0.4, -0.2) is 49.8 Å². The lowest BCUT2D eigenvalue weighted by molar-refractivity contribution is 0.0940. The fourth-order valence-electron chi connectivity index (χ4n) is 3.14. The summed E-state index contributed by atoms with van der Waals surface area (Å²) in [6.07, 6.45) is 2.46. The van der Waals surface area contributed by atoms with Crippen molar-refractivity contribution in [2.24, 2.45) is 0 Å². The van der Waals surface area contributed by atoms with Gasteiger partial charge in [0, 0.05) is 24.5 Å². The smallest absolute Gasteiger partial charge is 0.280 e. The van der Waals surface area contributed by atoms with E-state index in [0.29, 0.717) is 10.7 Å². The second-order valence-electron chi connectivity index (χ2n) is 6.25. The molecule has 27 heavy (non-hydrogen) atoms. The van der Waals surface area contributed by atoms with Crippen LogP contribution in [0.25, 0.3) is 16.2 Å². The number of thiazole rings is 1. The Morgan fingerprint density at radius 3 is 3.11 bits per heavy atom. The first-order valence-electron chi connectivity index (χ1n) is 8.48. The van der Waals surface area contributed by atoms with Crippen LogP contribution in [0.15, 0.2) is 41.4 Å². The molecule has 4 aromatic rings. The molecule has 1 fully saturated rings. The predicted octanol–water partition coefficient (Wildman–Crippen LogP) is 2.32. The highest BCUT2D eigenvalue weighted by Gasteiger charge is 2.26. The zero-order valence-electron chi connectivity index (χ0n) is 14.1. The van der Waals surface area contributed by atoms with E-state index in [4.69, 9.17) is 0 Å². The van der Waals surface area contributed by atoms with Gasteiger partial charge in [0.2, 0.25) is 0 Å². The minimum atomic E-state index is -0.114. The Labute approximate surface area is 162 Å². The van der Waals surface area contributed by atoms with Crippen LogP contribution in [0.4, 0.5) is 5.82 Å². The minimum absolute atomic E-state index is 0.0741. The second kappa shape index (κ2) is 6.71. The molecule has 1 atom stereocenters. The van der Waals surface area contributed by atoms with Crippen molar-refractivity contribution >= 4 is 40.0 Å². The molecule has 8 nitrogen and oxygen atoms in total. The summed E-state index contributed by atoms with van der Waals surface area (Å²) in [5.41, 5.74) is 1.58. The summed E-state index contributed by atoms with van der Waals surface area (Å²) in [5.74, 6) is 0.741. The molecular weight excluding hydrogens is 382 g/mol. The van der Waals surface area contributed by atoms with Gasteiger partial charge in [-0.25, -0.2) is 4.98 Å². The summed E-state index contributed by atoms with van der Waals surface area (Å²) in [6, 6.07) is 7.89. The van der Waals surface area contributed by atoms with Crippen molar-refractivity contribution in [3.05, 3.63) is 46.4 Å². The van der Waals surface area contributed by atoms with Crippen molar-refractivity contribution < 1.29 is 4.79 Å². The van der Waals surface area contributed by atoms with E-state index < -0.39 is 0 Å². The van der Waals surface area contributed by atoms with E-state index in [1.807, 2.05) is 35.0 Å². The summed E-state index contributed by atoms with van der Waals surface area (Å²) in [4.78, 5) is 20.3. The molecule has 1 amide bonds. The zero-order chi connectivity index (χ0) is 18.2. The van der Waals surface area contributed by atoms with Crippen LogP contribution in [-0.2, 0) is 0 Å². The standard InChI is InChI=1S/C17H15N7OS2/c25-16(17-20-12(9-27-17)13-2-1-7-26-13)19-11-5-6-23(8-11)15-4-3-14-21-18-10-24(14)22-15/h1-4,7,9-11H,5-6,8H2,(H,19,25). The van der Waals surface area contributed by atoms with Crippen LogP contribution in [0, 0.1) is 0 Å². The maximum absolute atomic E-state index is 12.6. The Hall–Kier alpha value is -2.85. The van der Waals surface area contributed by atoms with Gasteiger partial charge in [-0.1, -0.05) is 6.07 Å². The molecule has 1 aliphatic heterocycles. The number of carbonyl (C=O) groups excluding carboxylic acids is 1. The van der Waals surface area contributed by atoms with Crippen LogP contribution >= 0.6 is 22.7 Å². The summed E-state index contributed by atoms with van der Waals surface area (Å²) in [7, 11) is 0. The van der Waals surface area contributed by atoms with Crippen molar-refractivity contribution in [3.8, 4) is 10.6 Å². The second-order valence-corrected chi connectivity index (χ2v) is 8.05. The minimum Gasteiger partial charge on any atom is -0.353 e. The predicted molar refractivity (Wildman–Crippen MR) is 104 cm³/mol. The quantitative estimate of drug-likeness (QED) is 0.569. The van der Waals surface area contributed by atoms with Gasteiger partial charge in [-0.3, -0.25) is 4.79 Å². The summed E-state index contributed by atoms with van der Waals surface area (Å²) < 4.78 is 1.66. The van der Waals surface area contributed by atoms with E-state index in [9.17, 15) is 4.79 Å². The molecule has 136 valence electrons. The Balaban J connectivity index is 1.25. The summed E-state index contributed by atoms with van der Waals surface area (Å²) >= 11 is 3.00. The van der Waals surface area contributed by atoms with Crippen molar-refractivity contribution in [1.29, 1.82) is 0 Å². The Bertz CT molecular complexity index is 1090. The van der Waals surface area contributed by atoms with Crippen LogP contribution < -0.4 is 10.2 Å². The lowest BCUT2D eigenvalue weighted by atomic mass is 10.2. The first-order valence-corrected chi connectivity index (χ1v) is 10.2. The van der Waals surface area contributed by atoms with Gasteiger partial charge in [-0.2, -0.15) is 4.52 Å². The number of nitrogens with zero attached hydrogens (tertiary/aromatic N) is 6. The van der Waals surface area contributed by atoms with E-state index in [1.54, 1.807) is 22.2 Å². The van der Waals surface area contributed by atoms with Crippen LogP contribution in [0.1, 0.15) is 16.2 Å². The fourth-order valence-corrected chi connectivity index (χ4v) is 4.62. The van der Waals surface area contributed by atoms with E-state index in [-0.39, 0.29) is 11.9 Å². The van der Waals surface area contributed by atoms with Gasteiger partial charge in [-0.05, 0) is 30.0 Å². The van der Waals surface area contributed by atoms with Gasteiger partial charge >= 0.3 is 0 Å². The molecule has 0 bridgehead atoms. The first-order chi connectivity index (χ1) is 13.3. The zero-order valence-corrected chi connectivity index (χ0v) is 15.8. The molecule has 1 aliphatic rings. The third-order valence-electron chi connectivity index (χ3n) is 4.47. The Kier molecular flexibility index (Phi) is 4.06. The third kappa shape index (κ3) is 3.17. The van der Waals surface area contributed by atoms with E-state index >= 15 is 0 Å². The van der Waals surface area contributed by atoms with Gasteiger partial charge in [0.15, 0.2) is 10.7 Å². The van der Waals surface area contributed by atoms with Crippen molar-refractivity contribution in [2.45, 2.75) is 12.5 Å². The molecule has 0 aromatic carbocycles. The molecule has 0 radical (unpaired) electrons. The highest BCUT2D eigenvalue weighted by atomic mass is 32.1. The Morgan fingerprint density at radius 1 is 1.26 bits per heavy atom. The number of hydrogen-bond acceptors (Lipinski definition) is 8. The molecule has 1 N–H and O–H groups in total. The molecule has 1 saturated heterocycles. The van der Waals surface area contributed by atoms with E-state index in [0.717, 1.165) is 35.9 Å². The maximum atomic E-state index is 12.6. The maximum Gasteiger partial charge on any atom is 0.280 e. The number of amides is 1. The van der Waals surface area contributed by atoms with Crippen molar-refractivity contribution in [1.82, 2.24) is 30.1 Å². The number of aromatic nitrogens is 5. The largest absolute Gasteiger partial charge is 0.353 e. The SMILES string of the molecule is O=C(NC1CCN(c2ccc3nncn3n2)C1)c1nc(-c2cccs2)cs1. The van der Waals surface area contributed by atoms with Crippen molar-refractivity contribution in [2.75, 3.05) is 18.0 Å². The molecule has 0 spiro atoms. The highest BCUT2D eigenvalue weighted by molar-refractivity contribution is 7.15. The number of rotatable bonds is 4. The van der Waals surface area contributed by atoms with E-state index in [1.165, 1.54) is 11.3 Å². The summed E-state index contributed by atoms with van der Waals surface area (Å²) in [5, 5.41) is 19.9. The van der Waals surface area contributed by atoms with Gasteiger partial charge in [0.05, 0.1) is 10.6 Å². The molecule has 5 heterocycles. The van der Waals surface area contributed by atoms with E-state index in [2.05, 4.69) is 30.5 Å². The lowest BCUT2D eigenvalue weighted by Crippen LogP contribution is -2.37. The number of thiophene rings is 1. The third-order valence-corrected chi connectivity index (χ3v) is 6.20. The van der Waals surface area contributed by atoms with Crippen molar-refractivity contribution in [3.63, 3.8) is 0 Å². The molecular formula is C17H15N7OS2. The molecule has 0 saturated carbocycles. The van der Waals surface area contributed by atoms with Crippen LogP contribution in [0.5, 0.6) is 0 Å². The monoisotopic (exact) mass is 397 g/mol. The van der Waals surface area contributed by atoms with Crippen LogP contribution in [0.2, 0.25) is 0 Å². The van der Waals surface area contributed by atoms with Gasteiger partial charge in [0.25, 0.3) is 5.91 Å². The first kappa shape index (κ1) is 16.3. The topological polar surface area (TPSA) is 88.3 Å². The fraction of sp³-hybridized carbons (Fsp3) is 0.235. The average molecular weight is 397 g/mol. The van der Waals surface area contributed by atoms with Gasteiger partial charge in [-0.15, -0.1) is 38.0 Å². The highest BCUT2D eigenvalue weighted by Crippen LogP contribution is 2.26. The number of hydrogen-bond donors (Lipinski definition) is 1. The molecule has 1 unspecified atom stereocenters. The van der Waals surface area contributed by atoms with Gasteiger partial charge in [0.1, 0.15) is 12.1 Å². The average Bonchev–Trinajstić information content (AvgIpc) is 3.47. The number of anilines is 1.